The Balaban J connectivity index is 1.80. The average molecular weight is 306 g/mol. The topological polar surface area (TPSA) is 28.3 Å². The van der Waals surface area contributed by atoms with E-state index in [1.165, 1.54) is 27.7 Å². The SMILES string of the molecule is CN1CCOCC1Cc1c(-c2ccccc2)[nH]c2ccccc12. The van der Waals surface area contributed by atoms with Gasteiger partial charge in [0, 0.05) is 29.2 Å². The zero-order valence-electron chi connectivity index (χ0n) is 13.5. The molecule has 1 atom stereocenters. The summed E-state index contributed by atoms with van der Waals surface area (Å²) in [6, 6.07) is 19.6. The van der Waals surface area contributed by atoms with Crippen molar-refractivity contribution in [2.45, 2.75) is 12.5 Å². The summed E-state index contributed by atoms with van der Waals surface area (Å²) >= 11 is 0. The van der Waals surface area contributed by atoms with Crippen LogP contribution in [-0.4, -0.2) is 42.7 Å². The molecule has 0 saturated carbocycles. The number of H-pyrrole nitrogens is 1. The van der Waals surface area contributed by atoms with Crippen molar-refractivity contribution < 1.29 is 4.74 Å². The van der Waals surface area contributed by atoms with Crippen LogP contribution >= 0.6 is 0 Å². The molecule has 1 N–H and O–H groups in total. The monoisotopic (exact) mass is 306 g/mol. The fourth-order valence-corrected chi connectivity index (χ4v) is 3.45. The minimum Gasteiger partial charge on any atom is -0.378 e. The van der Waals surface area contributed by atoms with Crippen LogP contribution < -0.4 is 0 Å². The predicted molar refractivity (Wildman–Crippen MR) is 94.7 cm³/mol. The second-order valence-corrected chi connectivity index (χ2v) is 6.30. The highest BCUT2D eigenvalue weighted by atomic mass is 16.5. The van der Waals surface area contributed by atoms with E-state index in [2.05, 4.69) is 71.5 Å². The molecule has 1 aliphatic rings. The second kappa shape index (κ2) is 6.19. The molecule has 1 aliphatic heterocycles. The molecule has 0 radical (unpaired) electrons. The summed E-state index contributed by atoms with van der Waals surface area (Å²) < 4.78 is 5.71. The number of para-hydroxylation sites is 1. The van der Waals surface area contributed by atoms with Gasteiger partial charge in [-0.1, -0.05) is 48.5 Å². The number of benzene rings is 2. The van der Waals surface area contributed by atoms with E-state index in [1.807, 2.05) is 0 Å². The van der Waals surface area contributed by atoms with Gasteiger partial charge in [0.05, 0.1) is 13.2 Å². The van der Waals surface area contributed by atoms with E-state index in [1.54, 1.807) is 0 Å². The molecule has 0 bridgehead atoms. The van der Waals surface area contributed by atoms with Crippen molar-refractivity contribution >= 4 is 10.9 Å². The molecule has 3 aromatic rings. The van der Waals surface area contributed by atoms with Crippen molar-refractivity contribution in [3.8, 4) is 11.3 Å². The fraction of sp³-hybridized carbons (Fsp3) is 0.300. The van der Waals surface area contributed by atoms with Gasteiger partial charge in [0.2, 0.25) is 0 Å². The van der Waals surface area contributed by atoms with Gasteiger partial charge in [-0.25, -0.2) is 0 Å². The summed E-state index contributed by atoms with van der Waals surface area (Å²) in [5.41, 5.74) is 5.10. The Labute approximate surface area is 136 Å². The maximum absolute atomic E-state index is 5.71. The Kier molecular flexibility index (Phi) is 3.90. The van der Waals surface area contributed by atoms with Crippen LogP contribution in [0.1, 0.15) is 5.56 Å². The van der Waals surface area contributed by atoms with E-state index in [0.29, 0.717) is 6.04 Å². The molecule has 118 valence electrons. The van der Waals surface area contributed by atoms with Crippen molar-refractivity contribution in [1.29, 1.82) is 0 Å². The summed E-state index contributed by atoms with van der Waals surface area (Å²) in [6.07, 6.45) is 1.00. The van der Waals surface area contributed by atoms with Crippen molar-refractivity contribution in [2.24, 2.45) is 0 Å². The molecular formula is C20H22N2O. The number of aromatic amines is 1. The van der Waals surface area contributed by atoms with Gasteiger partial charge in [-0.2, -0.15) is 0 Å². The summed E-state index contributed by atoms with van der Waals surface area (Å²) in [5.74, 6) is 0. The molecule has 0 aliphatic carbocycles. The lowest BCUT2D eigenvalue weighted by Gasteiger charge is -2.32. The van der Waals surface area contributed by atoms with Crippen LogP contribution in [0, 0.1) is 0 Å². The fourth-order valence-electron chi connectivity index (χ4n) is 3.45. The summed E-state index contributed by atoms with van der Waals surface area (Å²) in [4.78, 5) is 6.04. The highest BCUT2D eigenvalue weighted by molar-refractivity contribution is 5.90. The predicted octanol–water partition coefficient (Wildman–Crippen LogP) is 3.71. The number of morpholine rings is 1. The number of fused-ring (bicyclic) bond motifs is 1. The highest BCUT2D eigenvalue weighted by Crippen LogP contribution is 2.32. The van der Waals surface area contributed by atoms with Crippen LogP contribution in [0.15, 0.2) is 54.6 Å². The van der Waals surface area contributed by atoms with Crippen LogP contribution in [0.25, 0.3) is 22.2 Å². The maximum Gasteiger partial charge on any atom is 0.0625 e. The lowest BCUT2D eigenvalue weighted by molar-refractivity contribution is 0.00639. The first-order chi connectivity index (χ1) is 11.3. The number of rotatable bonds is 3. The summed E-state index contributed by atoms with van der Waals surface area (Å²) in [6.45, 7) is 2.66. The molecule has 3 nitrogen and oxygen atoms in total. The van der Waals surface area contributed by atoms with Gasteiger partial charge < -0.3 is 9.72 Å². The van der Waals surface area contributed by atoms with Gasteiger partial charge >= 0.3 is 0 Å². The van der Waals surface area contributed by atoms with Crippen molar-refractivity contribution in [1.82, 2.24) is 9.88 Å². The van der Waals surface area contributed by atoms with Crippen molar-refractivity contribution in [3.63, 3.8) is 0 Å². The molecule has 3 heteroatoms. The number of hydrogen-bond donors (Lipinski definition) is 1. The lowest BCUT2D eigenvalue weighted by Crippen LogP contribution is -2.44. The molecule has 2 heterocycles. The van der Waals surface area contributed by atoms with Crippen molar-refractivity contribution in [3.05, 3.63) is 60.2 Å². The Hall–Kier alpha value is -2.10. The first-order valence-electron chi connectivity index (χ1n) is 8.26. The smallest absolute Gasteiger partial charge is 0.0625 e. The number of hydrogen-bond acceptors (Lipinski definition) is 2. The third kappa shape index (κ3) is 2.78. The molecule has 23 heavy (non-hydrogen) atoms. The molecular weight excluding hydrogens is 284 g/mol. The van der Waals surface area contributed by atoms with Crippen LogP contribution in [0.4, 0.5) is 0 Å². The third-order valence-electron chi connectivity index (χ3n) is 4.84. The number of likely N-dealkylation sites (N-methyl/N-ethyl adjacent to an activating group) is 1. The minimum absolute atomic E-state index is 0.436. The zero-order valence-corrected chi connectivity index (χ0v) is 13.5. The number of nitrogens with zero attached hydrogens (tertiary/aromatic N) is 1. The van der Waals surface area contributed by atoms with Gasteiger partial charge in [-0.05, 0) is 30.7 Å². The maximum atomic E-state index is 5.71. The molecule has 1 aromatic heterocycles. The third-order valence-corrected chi connectivity index (χ3v) is 4.84. The van der Waals surface area contributed by atoms with Crippen LogP contribution in [0.3, 0.4) is 0 Å². The molecule has 4 rings (SSSR count). The van der Waals surface area contributed by atoms with Gasteiger partial charge in [0.15, 0.2) is 0 Å². The highest BCUT2D eigenvalue weighted by Gasteiger charge is 2.23. The summed E-state index contributed by atoms with van der Waals surface area (Å²) in [5, 5.41) is 1.32. The van der Waals surface area contributed by atoms with Gasteiger partial charge in [0.1, 0.15) is 0 Å². The zero-order chi connectivity index (χ0) is 15.6. The van der Waals surface area contributed by atoms with E-state index >= 15 is 0 Å². The standard InChI is InChI=1S/C20H22N2O/c1-22-11-12-23-14-16(22)13-18-17-9-5-6-10-19(17)21-20(18)15-7-3-2-4-8-15/h2-10,16,21H,11-14H2,1H3. The van der Waals surface area contributed by atoms with E-state index < -0.39 is 0 Å². The average Bonchev–Trinajstić information content (AvgIpc) is 2.96. The molecule has 1 unspecified atom stereocenters. The lowest BCUT2D eigenvalue weighted by atomic mass is 9.98. The van der Waals surface area contributed by atoms with E-state index in [9.17, 15) is 0 Å². The normalized spacial score (nSPS) is 19.3. The molecule has 1 saturated heterocycles. The Morgan fingerprint density at radius 1 is 1.09 bits per heavy atom. The Bertz CT molecular complexity index is 794. The van der Waals surface area contributed by atoms with Crippen LogP contribution in [-0.2, 0) is 11.2 Å². The van der Waals surface area contributed by atoms with E-state index in [0.717, 1.165) is 26.2 Å². The second-order valence-electron chi connectivity index (χ2n) is 6.30. The molecule has 0 amide bonds. The largest absolute Gasteiger partial charge is 0.378 e. The Morgan fingerprint density at radius 3 is 2.70 bits per heavy atom. The summed E-state index contributed by atoms with van der Waals surface area (Å²) in [7, 11) is 2.20. The first kappa shape index (κ1) is 14.5. The minimum atomic E-state index is 0.436. The number of nitrogens with one attached hydrogen (secondary N) is 1. The quantitative estimate of drug-likeness (QED) is 0.799. The number of aromatic nitrogens is 1. The van der Waals surface area contributed by atoms with E-state index in [-0.39, 0.29) is 0 Å². The number of ether oxygens (including phenoxy) is 1. The van der Waals surface area contributed by atoms with Gasteiger partial charge in [0.25, 0.3) is 0 Å². The van der Waals surface area contributed by atoms with Crippen LogP contribution in [0.5, 0.6) is 0 Å². The molecule has 2 aromatic carbocycles. The van der Waals surface area contributed by atoms with Gasteiger partial charge in [-0.15, -0.1) is 0 Å². The van der Waals surface area contributed by atoms with E-state index in [4.69, 9.17) is 4.74 Å². The first-order valence-corrected chi connectivity index (χ1v) is 8.26. The van der Waals surface area contributed by atoms with Crippen LogP contribution in [0.2, 0.25) is 0 Å². The Morgan fingerprint density at radius 2 is 1.87 bits per heavy atom. The molecule has 1 fully saturated rings. The van der Waals surface area contributed by atoms with Crippen molar-refractivity contribution in [2.75, 3.05) is 26.8 Å². The molecule has 0 spiro atoms. The van der Waals surface area contributed by atoms with Gasteiger partial charge in [-0.3, -0.25) is 4.90 Å².